The van der Waals surface area contributed by atoms with Gasteiger partial charge in [-0.15, -0.1) is 0 Å². The molecule has 0 radical (unpaired) electrons. The fourth-order valence-corrected chi connectivity index (χ4v) is 3.77. The van der Waals surface area contributed by atoms with Gasteiger partial charge < -0.3 is 19.5 Å². The van der Waals surface area contributed by atoms with E-state index in [0.29, 0.717) is 35.4 Å². The maximum Gasteiger partial charge on any atom is 0.259 e. The van der Waals surface area contributed by atoms with Crippen molar-refractivity contribution in [1.82, 2.24) is 10.2 Å². The molecule has 0 bridgehead atoms. The molecule has 0 saturated carbocycles. The zero-order valence-corrected chi connectivity index (χ0v) is 16.7. The molecule has 1 aliphatic rings. The van der Waals surface area contributed by atoms with Gasteiger partial charge in [0.1, 0.15) is 11.3 Å². The molecule has 1 heterocycles. The lowest BCUT2D eigenvalue weighted by atomic mass is 10.0. The highest BCUT2D eigenvalue weighted by atomic mass is 16.5. The molecule has 1 aromatic carbocycles. The van der Waals surface area contributed by atoms with Crippen molar-refractivity contribution in [2.75, 3.05) is 41.0 Å². The summed E-state index contributed by atoms with van der Waals surface area (Å²) >= 11 is 0. The van der Waals surface area contributed by atoms with Gasteiger partial charge in [0.05, 0.1) is 21.3 Å². The Balaban J connectivity index is 2.32. The molecule has 6 heteroatoms. The molecule has 1 amide bonds. The maximum atomic E-state index is 13.0. The topological polar surface area (TPSA) is 60.0 Å². The normalized spacial score (nSPS) is 17.2. The third kappa shape index (κ3) is 4.23. The number of methoxy groups -OCH3 is 3. The molecule has 1 atom stereocenters. The largest absolute Gasteiger partial charge is 0.495 e. The number of benzene rings is 1. The predicted molar refractivity (Wildman–Crippen MR) is 103 cm³/mol. The molecule has 2 rings (SSSR count). The van der Waals surface area contributed by atoms with Crippen molar-refractivity contribution in [1.29, 1.82) is 0 Å². The minimum absolute atomic E-state index is 0.182. The lowest BCUT2D eigenvalue weighted by Gasteiger charge is -2.24. The highest BCUT2D eigenvalue weighted by Gasteiger charge is 2.28. The number of ether oxygens (including phenoxy) is 3. The van der Waals surface area contributed by atoms with Gasteiger partial charge in [-0.1, -0.05) is 20.3 Å². The summed E-state index contributed by atoms with van der Waals surface area (Å²) in [6, 6.07) is 2.29. The van der Waals surface area contributed by atoms with Crippen LogP contribution in [0.1, 0.15) is 49.0 Å². The number of hydrogen-bond acceptors (Lipinski definition) is 5. The van der Waals surface area contributed by atoms with E-state index < -0.39 is 0 Å². The number of hydrogen-bond donors (Lipinski definition) is 1. The standard InChI is InChI=1S/C20H32N2O4/c1-6-9-14-12-16(24-3)19(26-5)17(18(14)25-4)20(23)21-13-15-10-8-11-22(15)7-2/h12,15H,6-11,13H2,1-5H3,(H,21,23)/t15-/m0/s1. The van der Waals surface area contributed by atoms with E-state index in [-0.39, 0.29) is 5.91 Å². The third-order valence-corrected chi connectivity index (χ3v) is 5.05. The van der Waals surface area contributed by atoms with E-state index in [2.05, 4.69) is 24.1 Å². The second-order valence-corrected chi connectivity index (χ2v) is 6.56. The van der Waals surface area contributed by atoms with E-state index in [9.17, 15) is 4.79 Å². The van der Waals surface area contributed by atoms with Gasteiger partial charge in [-0.05, 0) is 44.0 Å². The molecule has 0 aliphatic carbocycles. The molecule has 0 unspecified atom stereocenters. The van der Waals surface area contributed by atoms with Gasteiger partial charge in [0.15, 0.2) is 11.5 Å². The second kappa shape index (κ2) is 9.67. The van der Waals surface area contributed by atoms with E-state index >= 15 is 0 Å². The van der Waals surface area contributed by atoms with Crippen LogP contribution in [0.15, 0.2) is 6.07 Å². The van der Waals surface area contributed by atoms with Crippen molar-refractivity contribution in [3.63, 3.8) is 0 Å². The summed E-state index contributed by atoms with van der Waals surface area (Å²) in [5.74, 6) is 1.36. The molecular formula is C20H32N2O4. The van der Waals surface area contributed by atoms with Crippen LogP contribution < -0.4 is 19.5 Å². The molecule has 1 aliphatic heterocycles. The zero-order chi connectivity index (χ0) is 19.1. The number of carbonyl (C=O) groups is 1. The molecule has 6 nitrogen and oxygen atoms in total. The molecule has 26 heavy (non-hydrogen) atoms. The fraction of sp³-hybridized carbons (Fsp3) is 0.650. The smallest absolute Gasteiger partial charge is 0.259 e. The van der Waals surface area contributed by atoms with E-state index in [1.165, 1.54) is 6.42 Å². The van der Waals surface area contributed by atoms with Crippen LogP contribution in [0.3, 0.4) is 0 Å². The number of aryl methyl sites for hydroxylation is 1. The fourth-order valence-electron chi connectivity index (χ4n) is 3.77. The van der Waals surface area contributed by atoms with Gasteiger partial charge in [0, 0.05) is 12.6 Å². The number of amides is 1. The highest BCUT2D eigenvalue weighted by molar-refractivity contribution is 6.01. The Bertz CT molecular complexity index is 618. The van der Waals surface area contributed by atoms with Crippen LogP contribution in [-0.2, 0) is 6.42 Å². The quantitative estimate of drug-likeness (QED) is 0.730. The van der Waals surface area contributed by atoms with Gasteiger partial charge in [0.2, 0.25) is 0 Å². The van der Waals surface area contributed by atoms with Gasteiger partial charge >= 0.3 is 0 Å². The SMILES string of the molecule is CCCc1cc(OC)c(OC)c(C(=O)NC[C@@H]2CCCN2CC)c1OC. The predicted octanol–water partition coefficient (Wildman–Crippen LogP) is 2.88. The Kier molecular flexibility index (Phi) is 7.57. The summed E-state index contributed by atoms with van der Waals surface area (Å²) in [4.78, 5) is 15.4. The summed E-state index contributed by atoms with van der Waals surface area (Å²) in [6.45, 7) is 6.98. The average molecular weight is 364 g/mol. The van der Waals surface area contributed by atoms with Gasteiger partial charge in [0.25, 0.3) is 5.91 Å². The molecule has 146 valence electrons. The van der Waals surface area contributed by atoms with Gasteiger partial charge in [-0.3, -0.25) is 9.69 Å². The number of rotatable bonds is 9. The van der Waals surface area contributed by atoms with Crippen molar-refractivity contribution in [3.05, 3.63) is 17.2 Å². The number of nitrogens with zero attached hydrogens (tertiary/aromatic N) is 1. The van der Waals surface area contributed by atoms with Crippen LogP contribution in [0.25, 0.3) is 0 Å². The molecule has 0 spiro atoms. The lowest BCUT2D eigenvalue weighted by molar-refractivity contribution is 0.0934. The van der Waals surface area contributed by atoms with Crippen LogP contribution in [0.2, 0.25) is 0 Å². The Hall–Kier alpha value is -1.95. The first-order chi connectivity index (χ1) is 12.6. The summed E-state index contributed by atoms with van der Waals surface area (Å²) in [5.41, 5.74) is 1.37. The van der Waals surface area contributed by atoms with Crippen molar-refractivity contribution in [2.45, 2.75) is 45.6 Å². The molecule has 0 aromatic heterocycles. The Labute approximate surface area is 156 Å². The van der Waals surface area contributed by atoms with E-state index in [0.717, 1.165) is 37.9 Å². The Morgan fingerprint density at radius 2 is 1.92 bits per heavy atom. The first-order valence-corrected chi connectivity index (χ1v) is 9.45. The van der Waals surface area contributed by atoms with Gasteiger partial charge in [-0.25, -0.2) is 0 Å². The van der Waals surface area contributed by atoms with E-state index in [4.69, 9.17) is 14.2 Å². The van der Waals surface area contributed by atoms with Crippen LogP contribution in [-0.4, -0.2) is 57.8 Å². The summed E-state index contributed by atoms with van der Waals surface area (Å²) in [6.07, 6.45) is 4.04. The summed E-state index contributed by atoms with van der Waals surface area (Å²) in [5, 5.41) is 3.08. The molecule has 1 saturated heterocycles. The highest BCUT2D eigenvalue weighted by Crippen LogP contribution is 2.40. The number of nitrogens with one attached hydrogen (secondary N) is 1. The molecule has 1 N–H and O–H groups in total. The minimum Gasteiger partial charge on any atom is -0.495 e. The summed E-state index contributed by atoms with van der Waals surface area (Å²) in [7, 11) is 4.72. The molecular weight excluding hydrogens is 332 g/mol. The monoisotopic (exact) mass is 364 g/mol. The first-order valence-electron chi connectivity index (χ1n) is 9.45. The van der Waals surface area contributed by atoms with Crippen LogP contribution >= 0.6 is 0 Å². The average Bonchev–Trinajstić information content (AvgIpc) is 3.12. The van der Waals surface area contributed by atoms with Crippen LogP contribution in [0, 0.1) is 0 Å². The first kappa shape index (κ1) is 20.4. The third-order valence-electron chi connectivity index (χ3n) is 5.05. The van der Waals surface area contributed by atoms with E-state index in [1.807, 2.05) is 6.07 Å². The Morgan fingerprint density at radius 3 is 2.50 bits per heavy atom. The molecule has 1 aromatic rings. The number of likely N-dealkylation sites (tertiary alicyclic amines) is 1. The van der Waals surface area contributed by atoms with Crippen LogP contribution in [0.5, 0.6) is 17.2 Å². The minimum atomic E-state index is -0.182. The van der Waals surface area contributed by atoms with Crippen molar-refractivity contribution >= 4 is 5.91 Å². The van der Waals surface area contributed by atoms with Crippen molar-refractivity contribution in [2.24, 2.45) is 0 Å². The number of carbonyl (C=O) groups excluding carboxylic acids is 1. The van der Waals surface area contributed by atoms with E-state index in [1.54, 1.807) is 21.3 Å². The lowest BCUT2D eigenvalue weighted by Crippen LogP contribution is -2.40. The molecule has 1 fully saturated rings. The summed E-state index contributed by atoms with van der Waals surface area (Å²) < 4.78 is 16.6. The van der Waals surface area contributed by atoms with Crippen molar-refractivity contribution < 1.29 is 19.0 Å². The van der Waals surface area contributed by atoms with Crippen molar-refractivity contribution in [3.8, 4) is 17.2 Å². The Morgan fingerprint density at radius 1 is 1.19 bits per heavy atom. The van der Waals surface area contributed by atoms with Gasteiger partial charge in [-0.2, -0.15) is 0 Å². The zero-order valence-electron chi connectivity index (χ0n) is 16.7. The van der Waals surface area contributed by atoms with Crippen LogP contribution in [0.4, 0.5) is 0 Å². The maximum absolute atomic E-state index is 13.0. The number of likely N-dealkylation sites (N-methyl/N-ethyl adjacent to an activating group) is 1. The second-order valence-electron chi connectivity index (χ2n) is 6.56.